The molecule has 0 aliphatic heterocycles. The summed E-state index contributed by atoms with van der Waals surface area (Å²) in [6.07, 6.45) is 1.73. The van der Waals surface area contributed by atoms with Crippen molar-refractivity contribution in [1.29, 1.82) is 0 Å². The summed E-state index contributed by atoms with van der Waals surface area (Å²) in [5, 5.41) is 3.31. The van der Waals surface area contributed by atoms with Gasteiger partial charge >= 0.3 is 0 Å². The number of nitrogens with zero attached hydrogens (tertiary/aromatic N) is 1. The van der Waals surface area contributed by atoms with Crippen molar-refractivity contribution in [3.63, 3.8) is 0 Å². The average molecular weight is 238 g/mol. The lowest BCUT2D eigenvalue weighted by Crippen LogP contribution is -2.20. The molecule has 1 aromatic rings. The van der Waals surface area contributed by atoms with Crippen LogP contribution in [0.15, 0.2) is 18.3 Å². The first-order valence-corrected chi connectivity index (χ1v) is 6.00. The van der Waals surface area contributed by atoms with Gasteiger partial charge in [-0.1, -0.05) is 19.9 Å². The first-order chi connectivity index (χ1) is 8.24. The van der Waals surface area contributed by atoms with E-state index in [0.29, 0.717) is 11.8 Å². The Hall–Kier alpha value is -1.13. The number of hydrogen-bond donors (Lipinski definition) is 1. The second-order valence-corrected chi connectivity index (χ2v) is 4.32. The lowest BCUT2D eigenvalue weighted by atomic mass is 10.2. The minimum absolute atomic E-state index is 0.591. The lowest BCUT2D eigenvalue weighted by Gasteiger charge is -2.09. The minimum Gasteiger partial charge on any atom is -0.481 e. The van der Waals surface area contributed by atoms with E-state index in [9.17, 15) is 0 Å². The molecule has 0 aromatic carbocycles. The number of ether oxygens (including phenoxy) is 2. The van der Waals surface area contributed by atoms with Gasteiger partial charge in [-0.3, -0.25) is 0 Å². The Kier molecular flexibility index (Phi) is 6.58. The quantitative estimate of drug-likeness (QED) is 0.702. The molecule has 1 heterocycles. The zero-order chi connectivity index (χ0) is 12.5. The monoisotopic (exact) mass is 238 g/mol. The molecule has 0 amide bonds. The second-order valence-electron chi connectivity index (χ2n) is 4.32. The number of nitrogens with one attached hydrogen (secondary N) is 1. The van der Waals surface area contributed by atoms with E-state index in [-0.39, 0.29) is 0 Å². The van der Waals surface area contributed by atoms with Crippen molar-refractivity contribution in [3.05, 3.63) is 23.9 Å². The lowest BCUT2D eigenvalue weighted by molar-refractivity contribution is 0.111. The maximum atomic E-state index is 5.48. The van der Waals surface area contributed by atoms with Crippen LogP contribution in [0.1, 0.15) is 19.4 Å². The fourth-order valence-corrected chi connectivity index (χ4v) is 1.43. The molecule has 0 radical (unpaired) electrons. The summed E-state index contributed by atoms with van der Waals surface area (Å²) >= 11 is 0. The molecular weight excluding hydrogens is 216 g/mol. The van der Waals surface area contributed by atoms with Gasteiger partial charge in [0.1, 0.15) is 0 Å². The molecule has 0 unspecified atom stereocenters. The Balaban J connectivity index is 2.17. The van der Waals surface area contributed by atoms with Crippen molar-refractivity contribution in [2.45, 2.75) is 20.4 Å². The Morgan fingerprint density at radius 3 is 2.94 bits per heavy atom. The van der Waals surface area contributed by atoms with Crippen LogP contribution < -0.4 is 10.1 Å². The smallest absolute Gasteiger partial charge is 0.217 e. The third kappa shape index (κ3) is 5.65. The number of rotatable bonds is 8. The summed E-state index contributed by atoms with van der Waals surface area (Å²) in [5.41, 5.74) is 1.07. The van der Waals surface area contributed by atoms with Gasteiger partial charge < -0.3 is 14.8 Å². The third-order valence-corrected chi connectivity index (χ3v) is 2.23. The topological polar surface area (TPSA) is 43.4 Å². The number of pyridine rings is 1. The summed E-state index contributed by atoms with van der Waals surface area (Å²) < 4.78 is 10.7. The summed E-state index contributed by atoms with van der Waals surface area (Å²) in [7, 11) is 1.64. The molecule has 4 nitrogen and oxygen atoms in total. The van der Waals surface area contributed by atoms with Crippen molar-refractivity contribution in [1.82, 2.24) is 10.3 Å². The van der Waals surface area contributed by atoms with Gasteiger partial charge in [-0.2, -0.15) is 0 Å². The van der Waals surface area contributed by atoms with E-state index in [4.69, 9.17) is 9.47 Å². The number of hydrogen-bond acceptors (Lipinski definition) is 4. The summed E-state index contributed by atoms with van der Waals surface area (Å²) in [6.45, 7) is 7.44. The molecule has 0 spiro atoms. The van der Waals surface area contributed by atoms with Gasteiger partial charge in [0, 0.05) is 31.5 Å². The maximum Gasteiger partial charge on any atom is 0.217 e. The highest BCUT2D eigenvalue weighted by molar-refractivity contribution is 5.24. The van der Waals surface area contributed by atoms with E-state index in [0.717, 1.165) is 31.9 Å². The molecule has 0 saturated carbocycles. The van der Waals surface area contributed by atoms with E-state index < -0.39 is 0 Å². The van der Waals surface area contributed by atoms with Crippen LogP contribution in [0.2, 0.25) is 0 Å². The first kappa shape index (κ1) is 13.9. The van der Waals surface area contributed by atoms with Crippen LogP contribution in [0.3, 0.4) is 0 Å². The Morgan fingerprint density at radius 2 is 2.24 bits per heavy atom. The van der Waals surface area contributed by atoms with Gasteiger partial charge in [0.25, 0.3) is 0 Å². The number of aromatic nitrogens is 1. The van der Waals surface area contributed by atoms with E-state index in [1.165, 1.54) is 0 Å². The molecule has 96 valence electrons. The van der Waals surface area contributed by atoms with Crippen LogP contribution in [0.4, 0.5) is 0 Å². The van der Waals surface area contributed by atoms with Gasteiger partial charge in [0.15, 0.2) is 0 Å². The fourth-order valence-electron chi connectivity index (χ4n) is 1.43. The van der Waals surface area contributed by atoms with Gasteiger partial charge in [-0.25, -0.2) is 4.98 Å². The third-order valence-electron chi connectivity index (χ3n) is 2.23. The highest BCUT2D eigenvalue weighted by Gasteiger charge is 2.01. The summed E-state index contributed by atoms with van der Waals surface area (Å²) in [6, 6.07) is 3.92. The zero-order valence-electron chi connectivity index (χ0n) is 10.9. The Morgan fingerprint density at radius 1 is 1.41 bits per heavy atom. The molecule has 1 rings (SSSR count). The molecule has 4 heteroatoms. The van der Waals surface area contributed by atoms with Crippen molar-refractivity contribution in [2.75, 3.05) is 26.9 Å². The van der Waals surface area contributed by atoms with Gasteiger partial charge in [0.05, 0.1) is 13.7 Å². The van der Waals surface area contributed by atoms with Crippen molar-refractivity contribution < 1.29 is 9.47 Å². The summed E-state index contributed by atoms with van der Waals surface area (Å²) in [5.74, 6) is 1.27. The Bertz CT molecular complexity index is 316. The highest BCUT2D eigenvalue weighted by Crippen LogP contribution is 2.12. The first-order valence-electron chi connectivity index (χ1n) is 6.00. The molecular formula is C13H22N2O2. The van der Waals surface area contributed by atoms with Crippen LogP contribution in [0.5, 0.6) is 5.88 Å². The molecule has 0 bridgehead atoms. The largest absolute Gasteiger partial charge is 0.481 e. The van der Waals surface area contributed by atoms with Gasteiger partial charge in [0.2, 0.25) is 5.88 Å². The molecule has 17 heavy (non-hydrogen) atoms. The maximum absolute atomic E-state index is 5.48. The molecule has 1 aromatic heterocycles. The van der Waals surface area contributed by atoms with Crippen molar-refractivity contribution in [3.8, 4) is 5.88 Å². The predicted octanol–water partition coefficient (Wildman–Crippen LogP) is 1.85. The zero-order valence-corrected chi connectivity index (χ0v) is 10.9. The predicted molar refractivity (Wildman–Crippen MR) is 68.2 cm³/mol. The normalized spacial score (nSPS) is 10.8. The van der Waals surface area contributed by atoms with Crippen LogP contribution in [0.25, 0.3) is 0 Å². The standard InChI is InChI=1S/C13H22N2O2/c1-11(2)10-17-8-7-14-9-12-5-4-6-15-13(12)16-3/h4-6,11,14H,7-10H2,1-3H3. The van der Waals surface area contributed by atoms with E-state index in [1.54, 1.807) is 13.3 Å². The molecule has 0 aliphatic carbocycles. The van der Waals surface area contributed by atoms with Crippen LogP contribution in [-0.4, -0.2) is 31.9 Å². The van der Waals surface area contributed by atoms with Gasteiger partial charge in [-0.05, 0) is 12.0 Å². The average Bonchev–Trinajstić information content (AvgIpc) is 2.33. The molecule has 0 saturated heterocycles. The molecule has 0 aliphatic rings. The van der Waals surface area contributed by atoms with Crippen molar-refractivity contribution >= 4 is 0 Å². The highest BCUT2D eigenvalue weighted by atomic mass is 16.5. The SMILES string of the molecule is COc1ncccc1CNCCOCC(C)C. The van der Waals surface area contributed by atoms with Gasteiger partial charge in [-0.15, -0.1) is 0 Å². The fraction of sp³-hybridized carbons (Fsp3) is 0.615. The van der Waals surface area contributed by atoms with E-state index >= 15 is 0 Å². The minimum atomic E-state index is 0.591. The molecule has 0 atom stereocenters. The van der Waals surface area contributed by atoms with Crippen LogP contribution >= 0.6 is 0 Å². The van der Waals surface area contributed by atoms with Crippen LogP contribution in [-0.2, 0) is 11.3 Å². The van der Waals surface area contributed by atoms with E-state index in [1.807, 2.05) is 12.1 Å². The Labute approximate surface area is 103 Å². The van der Waals surface area contributed by atoms with Crippen LogP contribution in [0, 0.1) is 5.92 Å². The number of methoxy groups -OCH3 is 1. The molecule has 1 N–H and O–H groups in total. The summed E-state index contributed by atoms with van der Waals surface area (Å²) in [4.78, 5) is 4.14. The second kappa shape index (κ2) is 8.03. The van der Waals surface area contributed by atoms with Crippen molar-refractivity contribution in [2.24, 2.45) is 5.92 Å². The van der Waals surface area contributed by atoms with E-state index in [2.05, 4.69) is 24.1 Å². The molecule has 0 fully saturated rings.